The van der Waals surface area contributed by atoms with Gasteiger partial charge < -0.3 is 9.80 Å². The predicted molar refractivity (Wildman–Crippen MR) is 125 cm³/mol. The summed E-state index contributed by atoms with van der Waals surface area (Å²) in [5.74, 6) is 1.07. The molecule has 158 valence electrons. The molecule has 2 heterocycles. The molecule has 0 aliphatic carbocycles. The smallest absolute Gasteiger partial charge is 0.232 e. The Kier molecular flexibility index (Phi) is 5.92. The topological polar surface area (TPSA) is 65.5 Å². The van der Waals surface area contributed by atoms with E-state index in [-0.39, 0.29) is 5.75 Å². The zero-order chi connectivity index (χ0) is 21.1. The summed E-state index contributed by atoms with van der Waals surface area (Å²) in [6, 6.07) is 17.9. The molecule has 2 aromatic carbocycles. The van der Waals surface area contributed by atoms with E-state index in [1.165, 1.54) is 5.39 Å². The highest BCUT2D eigenvalue weighted by Gasteiger charge is 2.19. The predicted octanol–water partition coefficient (Wildman–Crippen LogP) is 3.81. The molecule has 0 radical (unpaired) electrons. The van der Waals surface area contributed by atoms with Gasteiger partial charge >= 0.3 is 0 Å². The van der Waals surface area contributed by atoms with Crippen LogP contribution in [0.25, 0.3) is 22.0 Å². The molecular formula is C23H28N4O2S. The van der Waals surface area contributed by atoms with Crippen molar-refractivity contribution >= 4 is 32.3 Å². The fraction of sp³-hybridized carbons (Fsp3) is 0.348. The van der Waals surface area contributed by atoms with Gasteiger partial charge in [0.2, 0.25) is 10.0 Å². The number of nitrogens with one attached hydrogen (secondary N) is 1. The standard InChI is InChI=1S/C23H28N4O2S/c1-3-26-13-15-27(16-14-26)23-21-8-6-5-7-19(21)17-22(24-23)18-9-11-20(12-10-18)25-30(28,29)4-2/h5-12,17,25H,3-4,13-16H2,1-2H3. The summed E-state index contributed by atoms with van der Waals surface area (Å²) in [6.07, 6.45) is 0. The van der Waals surface area contributed by atoms with Crippen molar-refractivity contribution in [3.63, 3.8) is 0 Å². The van der Waals surface area contributed by atoms with Crippen LogP contribution in [-0.4, -0.2) is 56.8 Å². The molecule has 0 saturated carbocycles. The molecule has 1 saturated heterocycles. The van der Waals surface area contributed by atoms with Crippen LogP contribution in [-0.2, 0) is 10.0 Å². The Hall–Kier alpha value is -2.64. The summed E-state index contributed by atoms with van der Waals surface area (Å²) in [5, 5.41) is 2.32. The van der Waals surface area contributed by atoms with E-state index in [2.05, 4.69) is 45.7 Å². The maximum atomic E-state index is 11.8. The third kappa shape index (κ3) is 4.42. The molecule has 0 spiro atoms. The summed E-state index contributed by atoms with van der Waals surface area (Å²) in [6.45, 7) is 8.92. The second kappa shape index (κ2) is 8.62. The third-order valence-electron chi connectivity index (χ3n) is 5.67. The summed E-state index contributed by atoms with van der Waals surface area (Å²) in [7, 11) is -3.28. The monoisotopic (exact) mass is 424 g/mol. The largest absolute Gasteiger partial charge is 0.354 e. The Morgan fingerprint density at radius 3 is 2.33 bits per heavy atom. The van der Waals surface area contributed by atoms with Crippen LogP contribution in [0.2, 0.25) is 0 Å². The number of nitrogens with zero attached hydrogens (tertiary/aromatic N) is 3. The Morgan fingerprint density at radius 1 is 0.967 bits per heavy atom. The second-order valence-corrected chi connectivity index (χ2v) is 9.57. The van der Waals surface area contributed by atoms with Crippen molar-refractivity contribution < 1.29 is 8.42 Å². The normalized spacial score (nSPS) is 15.5. The van der Waals surface area contributed by atoms with Crippen LogP contribution >= 0.6 is 0 Å². The number of hydrogen-bond donors (Lipinski definition) is 1. The molecular weight excluding hydrogens is 396 g/mol. The molecule has 30 heavy (non-hydrogen) atoms. The lowest BCUT2D eigenvalue weighted by Crippen LogP contribution is -2.46. The van der Waals surface area contributed by atoms with E-state index in [1.54, 1.807) is 19.1 Å². The number of rotatable bonds is 6. The first-order valence-electron chi connectivity index (χ1n) is 10.5. The van der Waals surface area contributed by atoms with Gasteiger partial charge in [-0.15, -0.1) is 0 Å². The molecule has 1 aliphatic heterocycles. The lowest BCUT2D eigenvalue weighted by Gasteiger charge is -2.35. The molecule has 0 bridgehead atoms. The molecule has 3 aromatic rings. The zero-order valence-corrected chi connectivity index (χ0v) is 18.3. The van der Waals surface area contributed by atoms with Crippen molar-refractivity contribution in [3.05, 3.63) is 54.6 Å². The van der Waals surface area contributed by atoms with Crippen LogP contribution in [0.4, 0.5) is 11.5 Å². The highest BCUT2D eigenvalue weighted by atomic mass is 32.2. The average Bonchev–Trinajstić information content (AvgIpc) is 2.78. The van der Waals surface area contributed by atoms with E-state index in [0.29, 0.717) is 5.69 Å². The molecule has 1 aliphatic rings. The number of hydrogen-bond acceptors (Lipinski definition) is 5. The minimum Gasteiger partial charge on any atom is -0.354 e. The van der Waals surface area contributed by atoms with Crippen molar-refractivity contribution in [1.29, 1.82) is 0 Å². The molecule has 6 nitrogen and oxygen atoms in total. The SMILES string of the molecule is CCN1CCN(c2nc(-c3ccc(NS(=O)(=O)CC)cc3)cc3ccccc23)CC1. The van der Waals surface area contributed by atoms with Crippen molar-refractivity contribution in [2.75, 3.05) is 48.1 Å². The highest BCUT2D eigenvalue weighted by molar-refractivity contribution is 7.92. The van der Waals surface area contributed by atoms with Crippen LogP contribution in [0, 0.1) is 0 Å². The van der Waals surface area contributed by atoms with Crippen molar-refractivity contribution in [2.45, 2.75) is 13.8 Å². The lowest BCUT2D eigenvalue weighted by molar-refractivity contribution is 0.271. The second-order valence-electron chi connectivity index (χ2n) is 7.56. The van der Waals surface area contributed by atoms with Crippen molar-refractivity contribution in [2.24, 2.45) is 0 Å². The Labute approximate surface area is 178 Å². The van der Waals surface area contributed by atoms with Gasteiger partial charge in [0.15, 0.2) is 0 Å². The van der Waals surface area contributed by atoms with E-state index in [4.69, 9.17) is 4.98 Å². The number of aromatic nitrogens is 1. The van der Waals surface area contributed by atoms with Crippen LogP contribution in [0.15, 0.2) is 54.6 Å². The zero-order valence-electron chi connectivity index (χ0n) is 17.5. The minimum absolute atomic E-state index is 0.0512. The first-order chi connectivity index (χ1) is 14.5. The lowest BCUT2D eigenvalue weighted by atomic mass is 10.1. The number of pyridine rings is 1. The van der Waals surface area contributed by atoms with E-state index in [1.807, 2.05) is 18.2 Å². The van der Waals surface area contributed by atoms with Gasteiger partial charge in [-0.3, -0.25) is 4.72 Å². The molecule has 0 unspecified atom stereocenters. The Bertz CT molecular complexity index is 1120. The molecule has 1 fully saturated rings. The van der Waals surface area contributed by atoms with Crippen molar-refractivity contribution in [3.8, 4) is 11.3 Å². The van der Waals surface area contributed by atoms with E-state index >= 15 is 0 Å². The van der Waals surface area contributed by atoms with E-state index < -0.39 is 10.0 Å². The number of sulfonamides is 1. The van der Waals surface area contributed by atoms with Crippen LogP contribution in [0.1, 0.15) is 13.8 Å². The van der Waals surface area contributed by atoms with Gasteiger partial charge in [-0.2, -0.15) is 0 Å². The molecule has 0 atom stereocenters. The number of piperazine rings is 1. The van der Waals surface area contributed by atoms with Gasteiger partial charge in [0.25, 0.3) is 0 Å². The number of anilines is 2. The summed E-state index contributed by atoms with van der Waals surface area (Å²) in [4.78, 5) is 9.87. The fourth-order valence-electron chi connectivity index (χ4n) is 3.81. The van der Waals surface area contributed by atoms with Gasteiger partial charge in [0.05, 0.1) is 11.4 Å². The first kappa shape index (κ1) is 20.6. The molecule has 0 amide bonds. The van der Waals surface area contributed by atoms with Gasteiger partial charge in [0, 0.05) is 42.8 Å². The van der Waals surface area contributed by atoms with Gasteiger partial charge in [-0.25, -0.2) is 13.4 Å². The van der Waals surface area contributed by atoms with Crippen LogP contribution < -0.4 is 9.62 Å². The molecule has 1 N–H and O–H groups in total. The highest BCUT2D eigenvalue weighted by Crippen LogP contribution is 2.31. The van der Waals surface area contributed by atoms with Crippen LogP contribution in [0.3, 0.4) is 0 Å². The van der Waals surface area contributed by atoms with Crippen LogP contribution in [0.5, 0.6) is 0 Å². The van der Waals surface area contributed by atoms with Gasteiger partial charge in [-0.1, -0.05) is 43.3 Å². The summed E-state index contributed by atoms with van der Waals surface area (Å²) < 4.78 is 26.2. The molecule has 7 heteroatoms. The number of likely N-dealkylation sites (N-methyl/N-ethyl adjacent to an activating group) is 1. The van der Waals surface area contributed by atoms with Crippen molar-refractivity contribution in [1.82, 2.24) is 9.88 Å². The maximum absolute atomic E-state index is 11.8. The number of fused-ring (bicyclic) bond motifs is 1. The average molecular weight is 425 g/mol. The van der Waals surface area contributed by atoms with Gasteiger partial charge in [-0.05, 0) is 37.1 Å². The van der Waals surface area contributed by atoms with Gasteiger partial charge in [0.1, 0.15) is 5.82 Å². The quantitative estimate of drug-likeness (QED) is 0.652. The molecule has 4 rings (SSSR count). The fourth-order valence-corrected chi connectivity index (χ4v) is 4.45. The van der Waals surface area contributed by atoms with E-state index in [0.717, 1.165) is 55.2 Å². The van der Waals surface area contributed by atoms with E-state index in [9.17, 15) is 8.42 Å². The molecule has 1 aromatic heterocycles. The third-order valence-corrected chi connectivity index (χ3v) is 6.98. The first-order valence-corrected chi connectivity index (χ1v) is 12.1. The number of benzene rings is 2. The Morgan fingerprint density at radius 2 is 1.67 bits per heavy atom. The minimum atomic E-state index is -3.28. The summed E-state index contributed by atoms with van der Waals surface area (Å²) in [5.41, 5.74) is 2.43. The maximum Gasteiger partial charge on any atom is 0.232 e. The Balaban J connectivity index is 1.68. The summed E-state index contributed by atoms with van der Waals surface area (Å²) >= 11 is 0.